The van der Waals surface area contributed by atoms with Crippen molar-refractivity contribution in [3.8, 4) is 0 Å². The summed E-state index contributed by atoms with van der Waals surface area (Å²) < 4.78 is 0. The molecule has 1 heteroatoms. The SMILES string of the molecule is C=CC/C(=C\C(C=C)=C(/C)C(=C)CC)C(C)CC/C=C/NC(=C)CC. The Morgan fingerprint density at radius 1 is 1.12 bits per heavy atom. The third-order valence-corrected chi connectivity index (χ3v) is 4.56. The van der Waals surface area contributed by atoms with Gasteiger partial charge in [-0.2, -0.15) is 0 Å². The Kier molecular flexibility index (Phi) is 12.2. The first kappa shape index (κ1) is 23.0. The van der Waals surface area contributed by atoms with Gasteiger partial charge in [0.2, 0.25) is 0 Å². The second-order valence-corrected chi connectivity index (χ2v) is 6.44. The highest BCUT2D eigenvalue weighted by molar-refractivity contribution is 5.44. The van der Waals surface area contributed by atoms with Gasteiger partial charge in [-0.15, -0.1) is 6.58 Å². The van der Waals surface area contributed by atoms with E-state index < -0.39 is 0 Å². The maximum atomic E-state index is 4.15. The van der Waals surface area contributed by atoms with Gasteiger partial charge in [0.15, 0.2) is 0 Å². The highest BCUT2D eigenvalue weighted by Gasteiger charge is 2.09. The molecule has 0 saturated carbocycles. The summed E-state index contributed by atoms with van der Waals surface area (Å²) >= 11 is 0. The number of nitrogens with one attached hydrogen (secondary N) is 1. The van der Waals surface area contributed by atoms with Gasteiger partial charge in [0.25, 0.3) is 0 Å². The summed E-state index contributed by atoms with van der Waals surface area (Å²) in [5, 5.41) is 3.20. The van der Waals surface area contributed by atoms with Crippen LogP contribution in [0.15, 0.2) is 84.8 Å². The number of hydrogen-bond acceptors (Lipinski definition) is 1. The van der Waals surface area contributed by atoms with Crippen LogP contribution in [0, 0.1) is 5.92 Å². The standard InChI is InChI=1S/C24H37N/c1-9-15-24(18-23(12-4)22(8)19(5)10-2)20(6)16-13-14-17-25-21(7)11-3/h9,12,14,17-18,20,25H,1,4-5,7,10-11,13,15-16H2,2-3,6,8H3/b17-14+,23-22+,24-18+. The largest absolute Gasteiger partial charge is 0.366 e. The molecule has 0 aromatic heterocycles. The van der Waals surface area contributed by atoms with Gasteiger partial charge in [0.05, 0.1) is 0 Å². The molecule has 0 heterocycles. The van der Waals surface area contributed by atoms with Crippen molar-refractivity contribution in [3.63, 3.8) is 0 Å². The van der Waals surface area contributed by atoms with Crippen molar-refractivity contribution in [3.05, 3.63) is 84.8 Å². The van der Waals surface area contributed by atoms with Gasteiger partial charge in [0, 0.05) is 5.70 Å². The monoisotopic (exact) mass is 339 g/mol. The maximum absolute atomic E-state index is 4.15. The average molecular weight is 340 g/mol. The minimum Gasteiger partial charge on any atom is -0.366 e. The van der Waals surface area contributed by atoms with Crippen LogP contribution in [-0.2, 0) is 0 Å². The highest BCUT2D eigenvalue weighted by Crippen LogP contribution is 2.25. The van der Waals surface area contributed by atoms with E-state index in [0.717, 1.165) is 37.8 Å². The van der Waals surface area contributed by atoms with Crippen LogP contribution in [-0.4, -0.2) is 0 Å². The van der Waals surface area contributed by atoms with E-state index in [9.17, 15) is 0 Å². The van der Waals surface area contributed by atoms with Gasteiger partial charge >= 0.3 is 0 Å². The maximum Gasteiger partial charge on any atom is 0.00705 e. The van der Waals surface area contributed by atoms with Gasteiger partial charge in [0.1, 0.15) is 0 Å². The molecule has 1 nitrogen and oxygen atoms in total. The quantitative estimate of drug-likeness (QED) is 0.272. The summed E-state index contributed by atoms with van der Waals surface area (Å²) in [4.78, 5) is 0. The van der Waals surface area contributed by atoms with E-state index in [-0.39, 0.29) is 0 Å². The zero-order valence-corrected chi connectivity index (χ0v) is 16.8. The molecule has 0 aliphatic rings. The molecule has 0 rings (SSSR count). The molecule has 0 spiro atoms. The van der Waals surface area contributed by atoms with Crippen LogP contribution in [0.3, 0.4) is 0 Å². The van der Waals surface area contributed by atoms with Crippen LogP contribution in [0.5, 0.6) is 0 Å². The molecule has 0 aliphatic carbocycles. The first-order valence-electron chi connectivity index (χ1n) is 9.33. The molecule has 0 amide bonds. The van der Waals surface area contributed by atoms with E-state index in [0.29, 0.717) is 5.92 Å². The predicted molar refractivity (Wildman–Crippen MR) is 115 cm³/mol. The second-order valence-electron chi connectivity index (χ2n) is 6.44. The van der Waals surface area contributed by atoms with Gasteiger partial charge in [-0.05, 0) is 62.3 Å². The van der Waals surface area contributed by atoms with Crippen LogP contribution in [0.2, 0.25) is 0 Å². The summed E-state index contributed by atoms with van der Waals surface area (Å²) in [7, 11) is 0. The third kappa shape index (κ3) is 9.14. The minimum absolute atomic E-state index is 0.495. The van der Waals surface area contributed by atoms with Crippen molar-refractivity contribution in [1.82, 2.24) is 5.32 Å². The van der Waals surface area contributed by atoms with E-state index in [1.54, 1.807) is 0 Å². The number of hydrogen-bond donors (Lipinski definition) is 1. The summed E-state index contributed by atoms with van der Waals surface area (Å²) in [6.07, 6.45) is 15.3. The molecule has 25 heavy (non-hydrogen) atoms. The van der Waals surface area contributed by atoms with Crippen molar-refractivity contribution in [2.45, 2.75) is 59.8 Å². The Labute approximate surface area is 156 Å². The molecule has 138 valence electrons. The molecule has 1 N–H and O–H groups in total. The van der Waals surface area contributed by atoms with E-state index in [1.165, 1.54) is 22.3 Å². The molecule has 0 saturated heterocycles. The molecule has 0 fully saturated rings. The minimum atomic E-state index is 0.495. The fraction of sp³-hybridized carbons (Fsp3) is 0.417. The van der Waals surface area contributed by atoms with E-state index >= 15 is 0 Å². The van der Waals surface area contributed by atoms with Crippen molar-refractivity contribution in [2.24, 2.45) is 5.92 Å². The average Bonchev–Trinajstić information content (AvgIpc) is 2.62. The molecular weight excluding hydrogens is 302 g/mol. The van der Waals surface area contributed by atoms with Crippen molar-refractivity contribution < 1.29 is 0 Å². The van der Waals surface area contributed by atoms with Crippen LogP contribution in [0.4, 0.5) is 0 Å². The zero-order chi connectivity index (χ0) is 19.2. The molecule has 0 aliphatic heterocycles. The zero-order valence-electron chi connectivity index (χ0n) is 16.8. The van der Waals surface area contributed by atoms with Gasteiger partial charge in [-0.3, -0.25) is 0 Å². The van der Waals surface area contributed by atoms with Crippen LogP contribution >= 0.6 is 0 Å². The Hall–Kier alpha value is -2.02. The Bertz CT molecular complexity index is 555. The normalized spacial score (nSPS) is 14.0. The molecular formula is C24H37N. The fourth-order valence-corrected chi connectivity index (χ4v) is 2.45. The summed E-state index contributed by atoms with van der Waals surface area (Å²) in [5.74, 6) is 0.495. The fourth-order valence-electron chi connectivity index (χ4n) is 2.45. The molecule has 0 bridgehead atoms. The number of allylic oxidation sites excluding steroid dienone is 9. The van der Waals surface area contributed by atoms with Gasteiger partial charge in [-0.1, -0.05) is 76.0 Å². The van der Waals surface area contributed by atoms with Gasteiger partial charge < -0.3 is 5.32 Å². The van der Waals surface area contributed by atoms with Crippen molar-refractivity contribution in [1.29, 1.82) is 0 Å². The smallest absolute Gasteiger partial charge is 0.00705 e. The lowest BCUT2D eigenvalue weighted by Gasteiger charge is -2.16. The summed E-state index contributed by atoms with van der Waals surface area (Å²) in [6.45, 7) is 24.6. The first-order chi connectivity index (χ1) is 11.9. The Morgan fingerprint density at radius 2 is 1.80 bits per heavy atom. The molecule has 0 aromatic rings. The first-order valence-corrected chi connectivity index (χ1v) is 9.33. The van der Waals surface area contributed by atoms with E-state index in [1.807, 2.05) is 18.4 Å². The van der Waals surface area contributed by atoms with Crippen molar-refractivity contribution >= 4 is 0 Å². The lowest BCUT2D eigenvalue weighted by atomic mass is 9.90. The lowest BCUT2D eigenvalue weighted by molar-refractivity contribution is 0.609. The lowest BCUT2D eigenvalue weighted by Crippen LogP contribution is -2.02. The van der Waals surface area contributed by atoms with E-state index in [4.69, 9.17) is 0 Å². The van der Waals surface area contributed by atoms with Crippen molar-refractivity contribution in [2.75, 3.05) is 0 Å². The van der Waals surface area contributed by atoms with Gasteiger partial charge in [-0.25, -0.2) is 0 Å². The molecule has 1 unspecified atom stereocenters. The number of rotatable bonds is 13. The van der Waals surface area contributed by atoms with E-state index in [2.05, 4.69) is 71.5 Å². The molecule has 0 radical (unpaired) electrons. The molecule has 1 atom stereocenters. The van der Waals surface area contributed by atoms with Crippen LogP contribution < -0.4 is 5.32 Å². The Morgan fingerprint density at radius 3 is 2.32 bits per heavy atom. The predicted octanol–water partition coefficient (Wildman–Crippen LogP) is 7.40. The third-order valence-electron chi connectivity index (χ3n) is 4.56. The summed E-state index contributed by atoms with van der Waals surface area (Å²) in [6, 6.07) is 0. The second kappa shape index (κ2) is 13.3. The topological polar surface area (TPSA) is 12.0 Å². The summed E-state index contributed by atoms with van der Waals surface area (Å²) in [5.41, 5.74) is 6.01. The Balaban J connectivity index is 5.07. The molecule has 0 aromatic carbocycles. The highest BCUT2D eigenvalue weighted by atomic mass is 14.8. The van der Waals surface area contributed by atoms with Crippen LogP contribution in [0.25, 0.3) is 0 Å². The van der Waals surface area contributed by atoms with Crippen LogP contribution in [0.1, 0.15) is 59.8 Å².